The maximum absolute atomic E-state index is 12.6. The van der Waals surface area contributed by atoms with Gasteiger partial charge >= 0.3 is 6.61 Å². The molecule has 4 rings (SSSR count). The summed E-state index contributed by atoms with van der Waals surface area (Å²) in [6, 6.07) is 13.9. The van der Waals surface area contributed by atoms with Gasteiger partial charge in [-0.25, -0.2) is 4.68 Å². The van der Waals surface area contributed by atoms with Gasteiger partial charge in [0.05, 0.1) is 30.2 Å². The number of carbonyl (C=O) groups excluding carboxylic acids is 1. The number of hydrogen-bond donors (Lipinski definition) is 1. The van der Waals surface area contributed by atoms with Crippen LogP contribution in [0.1, 0.15) is 27.6 Å². The van der Waals surface area contributed by atoms with Gasteiger partial charge in [0, 0.05) is 25.7 Å². The van der Waals surface area contributed by atoms with Crippen molar-refractivity contribution in [2.75, 3.05) is 19.7 Å². The Morgan fingerprint density at radius 3 is 2.63 bits per heavy atom. The number of hydrogen-bond acceptors (Lipinski definition) is 5. The van der Waals surface area contributed by atoms with E-state index in [9.17, 15) is 13.6 Å². The molecule has 0 aliphatic carbocycles. The molecule has 3 aromatic rings. The molecule has 0 saturated carbocycles. The van der Waals surface area contributed by atoms with Crippen LogP contribution in [0.5, 0.6) is 5.75 Å². The number of ether oxygens (including phenoxy) is 2. The number of alkyl halides is 2. The summed E-state index contributed by atoms with van der Waals surface area (Å²) in [5.41, 5.74) is 3.12. The number of halogens is 2. The van der Waals surface area contributed by atoms with Crippen LogP contribution in [0.15, 0.2) is 60.9 Å². The predicted molar refractivity (Wildman–Crippen MR) is 106 cm³/mol. The van der Waals surface area contributed by atoms with Crippen molar-refractivity contribution in [3.05, 3.63) is 77.6 Å². The minimum absolute atomic E-state index is 0.0409. The summed E-state index contributed by atoms with van der Waals surface area (Å²) in [5, 5.41) is 7.50. The second-order valence-electron chi connectivity index (χ2n) is 6.95. The first-order valence-corrected chi connectivity index (χ1v) is 9.63. The molecule has 2 aromatic carbocycles. The number of nitrogens with zero attached hydrogens (tertiary/aromatic N) is 2. The zero-order chi connectivity index (χ0) is 20.9. The topological polar surface area (TPSA) is 65.4 Å². The van der Waals surface area contributed by atoms with Gasteiger partial charge in [-0.15, -0.1) is 0 Å². The van der Waals surface area contributed by atoms with Gasteiger partial charge < -0.3 is 14.8 Å². The molecule has 1 N–H and O–H groups in total. The molecule has 30 heavy (non-hydrogen) atoms. The average molecular weight is 413 g/mol. The highest BCUT2D eigenvalue weighted by Crippen LogP contribution is 2.20. The molecule has 1 aliphatic rings. The number of carbonyl (C=O) groups is 1. The Labute approximate surface area is 172 Å². The van der Waals surface area contributed by atoms with Crippen molar-refractivity contribution < 1.29 is 23.0 Å². The summed E-state index contributed by atoms with van der Waals surface area (Å²) in [4.78, 5) is 12.6. The quantitative estimate of drug-likeness (QED) is 0.600. The third-order valence-corrected chi connectivity index (χ3v) is 4.87. The van der Waals surface area contributed by atoms with Crippen molar-refractivity contribution >= 4 is 5.78 Å². The van der Waals surface area contributed by atoms with Crippen molar-refractivity contribution in [1.29, 1.82) is 0 Å². The summed E-state index contributed by atoms with van der Waals surface area (Å²) in [7, 11) is 0. The van der Waals surface area contributed by atoms with Gasteiger partial charge in [-0.3, -0.25) is 4.79 Å². The number of aromatic nitrogens is 2. The molecule has 156 valence electrons. The minimum atomic E-state index is -2.87. The third-order valence-electron chi connectivity index (χ3n) is 4.87. The Hall–Kier alpha value is -3.10. The lowest BCUT2D eigenvalue weighted by molar-refractivity contribution is -0.0498. The molecule has 6 nitrogen and oxygen atoms in total. The Kier molecular flexibility index (Phi) is 6.15. The molecule has 1 fully saturated rings. The molecule has 1 aromatic heterocycles. The SMILES string of the molecule is O=C(Cc1ccc([C@H]2CNCCO2)cc1)c1cnn(-c2ccc(OC(F)F)cc2)c1. The fourth-order valence-corrected chi connectivity index (χ4v) is 3.31. The first-order valence-electron chi connectivity index (χ1n) is 9.63. The summed E-state index contributed by atoms with van der Waals surface area (Å²) >= 11 is 0. The van der Waals surface area contributed by atoms with E-state index in [2.05, 4.69) is 15.2 Å². The zero-order valence-electron chi connectivity index (χ0n) is 16.1. The fraction of sp³-hybridized carbons (Fsp3) is 0.273. The standard InChI is InChI=1S/C22H21F2N3O3/c23-22(24)30-19-7-5-18(6-8-19)27-14-17(12-26-27)20(28)11-15-1-3-16(4-2-15)21-13-25-9-10-29-21/h1-8,12,14,21-22,25H,9-11,13H2/t21-/m1/s1. The Balaban J connectivity index is 1.39. The van der Waals surface area contributed by atoms with Crippen LogP contribution in [0.2, 0.25) is 0 Å². The van der Waals surface area contributed by atoms with Crippen LogP contribution in [0.25, 0.3) is 5.69 Å². The van der Waals surface area contributed by atoms with Gasteiger partial charge in [0.15, 0.2) is 5.78 Å². The monoisotopic (exact) mass is 413 g/mol. The molecule has 0 unspecified atom stereocenters. The molecule has 0 spiro atoms. The molecular weight excluding hydrogens is 392 g/mol. The molecule has 1 saturated heterocycles. The van der Waals surface area contributed by atoms with Gasteiger partial charge in [-0.1, -0.05) is 24.3 Å². The summed E-state index contributed by atoms with van der Waals surface area (Å²) < 4.78 is 36.1. The Morgan fingerprint density at radius 1 is 1.20 bits per heavy atom. The second-order valence-corrected chi connectivity index (χ2v) is 6.95. The van der Waals surface area contributed by atoms with Crippen LogP contribution < -0.4 is 10.1 Å². The normalized spacial score (nSPS) is 16.6. The van der Waals surface area contributed by atoms with Gasteiger partial charge in [-0.05, 0) is 35.4 Å². The van der Waals surface area contributed by atoms with Crippen molar-refractivity contribution in [2.45, 2.75) is 19.1 Å². The summed E-state index contributed by atoms with van der Waals surface area (Å²) in [6.07, 6.45) is 3.43. The van der Waals surface area contributed by atoms with E-state index >= 15 is 0 Å². The van der Waals surface area contributed by atoms with Gasteiger partial charge in [0.25, 0.3) is 0 Å². The number of morpholine rings is 1. The highest BCUT2D eigenvalue weighted by Gasteiger charge is 2.16. The maximum atomic E-state index is 12.6. The van der Waals surface area contributed by atoms with E-state index in [0.717, 1.165) is 24.2 Å². The number of Topliss-reactive ketones (excluding diaryl/α,β-unsaturated/α-hetero) is 1. The van der Waals surface area contributed by atoms with Crippen molar-refractivity contribution in [1.82, 2.24) is 15.1 Å². The van der Waals surface area contributed by atoms with Crippen LogP contribution in [0, 0.1) is 0 Å². The van der Waals surface area contributed by atoms with E-state index < -0.39 is 6.61 Å². The largest absolute Gasteiger partial charge is 0.435 e. The zero-order valence-corrected chi connectivity index (χ0v) is 16.1. The lowest BCUT2D eigenvalue weighted by atomic mass is 10.0. The van der Waals surface area contributed by atoms with Crippen LogP contribution >= 0.6 is 0 Å². The van der Waals surface area contributed by atoms with Crippen molar-refractivity contribution in [3.63, 3.8) is 0 Å². The van der Waals surface area contributed by atoms with Crippen molar-refractivity contribution in [2.24, 2.45) is 0 Å². The lowest BCUT2D eigenvalue weighted by Crippen LogP contribution is -2.33. The predicted octanol–water partition coefficient (Wildman–Crippen LogP) is 3.56. The Bertz CT molecular complexity index is 982. The fourth-order valence-electron chi connectivity index (χ4n) is 3.31. The molecule has 1 aliphatic heterocycles. The molecular formula is C22H21F2N3O3. The first-order chi connectivity index (χ1) is 14.6. The van der Waals surface area contributed by atoms with E-state index in [4.69, 9.17) is 4.74 Å². The average Bonchev–Trinajstić information content (AvgIpc) is 3.25. The number of ketones is 1. The highest BCUT2D eigenvalue weighted by molar-refractivity contribution is 5.97. The Morgan fingerprint density at radius 2 is 1.97 bits per heavy atom. The van der Waals surface area contributed by atoms with Crippen LogP contribution in [-0.2, 0) is 11.2 Å². The molecule has 1 atom stereocenters. The molecule has 0 bridgehead atoms. The van der Waals surface area contributed by atoms with Crippen LogP contribution in [-0.4, -0.2) is 41.9 Å². The van der Waals surface area contributed by atoms with E-state index in [1.807, 2.05) is 24.3 Å². The van der Waals surface area contributed by atoms with Crippen LogP contribution in [0.3, 0.4) is 0 Å². The molecule has 8 heteroatoms. The highest BCUT2D eigenvalue weighted by atomic mass is 19.3. The second kappa shape index (κ2) is 9.15. The smallest absolute Gasteiger partial charge is 0.387 e. The third kappa shape index (κ3) is 4.90. The van der Waals surface area contributed by atoms with E-state index in [1.54, 1.807) is 18.3 Å². The number of nitrogens with one attached hydrogen (secondary N) is 1. The maximum Gasteiger partial charge on any atom is 0.387 e. The van der Waals surface area contributed by atoms with Gasteiger partial charge in [0.2, 0.25) is 0 Å². The summed E-state index contributed by atoms with van der Waals surface area (Å²) in [6.45, 7) is -0.528. The first kappa shape index (κ1) is 20.2. The van der Waals surface area contributed by atoms with E-state index in [1.165, 1.54) is 23.0 Å². The summed E-state index contributed by atoms with van der Waals surface area (Å²) in [5.74, 6) is 0.0114. The molecule has 0 radical (unpaired) electrons. The molecule has 2 heterocycles. The van der Waals surface area contributed by atoms with Crippen molar-refractivity contribution in [3.8, 4) is 11.4 Å². The van der Waals surface area contributed by atoms with Gasteiger partial charge in [0.1, 0.15) is 5.75 Å². The number of rotatable bonds is 7. The van der Waals surface area contributed by atoms with E-state index in [-0.39, 0.29) is 24.1 Å². The van der Waals surface area contributed by atoms with E-state index in [0.29, 0.717) is 17.9 Å². The molecule has 0 amide bonds. The lowest BCUT2D eigenvalue weighted by Gasteiger charge is -2.24. The van der Waals surface area contributed by atoms with Crippen LogP contribution in [0.4, 0.5) is 8.78 Å². The minimum Gasteiger partial charge on any atom is -0.435 e. The van der Waals surface area contributed by atoms with Gasteiger partial charge in [-0.2, -0.15) is 13.9 Å². The number of benzene rings is 2.